The largest absolute Gasteiger partial charge is 0.183 e. The smallest absolute Gasteiger partial charge is 0.000281 e. The van der Waals surface area contributed by atoms with Gasteiger partial charge in [-0.2, -0.15) is 12.6 Å². The molecule has 1 aliphatic carbocycles. The summed E-state index contributed by atoms with van der Waals surface area (Å²) >= 11 is 6.67. The predicted octanol–water partition coefficient (Wildman–Crippen LogP) is 4.68. The first-order valence-corrected chi connectivity index (χ1v) is 6.94. The van der Waals surface area contributed by atoms with Gasteiger partial charge in [-0.05, 0) is 6.26 Å². The molecule has 0 aromatic heterocycles. The molecular weight excluding hydrogens is 232 g/mol. The molecule has 0 saturated heterocycles. The summed E-state index contributed by atoms with van der Waals surface area (Å²) in [7, 11) is 0. The van der Waals surface area contributed by atoms with Gasteiger partial charge in [-0.1, -0.05) is 67.8 Å². The van der Waals surface area contributed by atoms with Crippen molar-refractivity contribution < 1.29 is 0 Å². The van der Waals surface area contributed by atoms with Crippen LogP contribution in [0.4, 0.5) is 0 Å². The SMILES string of the molecule is C1CCCCCC1.CCBr.CS. The van der Waals surface area contributed by atoms with Gasteiger partial charge in [-0.15, -0.1) is 0 Å². The van der Waals surface area contributed by atoms with Crippen LogP contribution in [-0.4, -0.2) is 11.6 Å². The van der Waals surface area contributed by atoms with Gasteiger partial charge in [-0.3, -0.25) is 0 Å². The number of alkyl halides is 1. The molecule has 0 aliphatic heterocycles. The summed E-state index contributed by atoms with van der Waals surface area (Å²) in [4.78, 5) is 0. The van der Waals surface area contributed by atoms with E-state index in [1.165, 1.54) is 44.9 Å². The van der Waals surface area contributed by atoms with Gasteiger partial charge in [0.1, 0.15) is 0 Å². The first-order chi connectivity index (χ1) is 5.91. The molecule has 0 radical (unpaired) electrons. The van der Waals surface area contributed by atoms with E-state index in [1.807, 2.05) is 6.92 Å². The quantitative estimate of drug-likeness (QED) is 0.363. The summed E-state index contributed by atoms with van der Waals surface area (Å²) in [5.41, 5.74) is 0. The molecule has 1 fully saturated rings. The van der Waals surface area contributed by atoms with E-state index in [4.69, 9.17) is 0 Å². The van der Waals surface area contributed by atoms with Gasteiger partial charge in [0.15, 0.2) is 0 Å². The van der Waals surface area contributed by atoms with Crippen molar-refractivity contribution in [3.8, 4) is 0 Å². The zero-order valence-electron chi connectivity index (χ0n) is 8.48. The lowest BCUT2D eigenvalue weighted by Crippen LogP contribution is -1.66. The molecular formula is C10H23BrS. The summed E-state index contributed by atoms with van der Waals surface area (Å²) in [5, 5.41) is 1.06. The van der Waals surface area contributed by atoms with Crippen LogP contribution < -0.4 is 0 Å². The van der Waals surface area contributed by atoms with Crippen molar-refractivity contribution in [2.45, 2.75) is 51.9 Å². The minimum atomic E-state index is 1.06. The lowest BCUT2D eigenvalue weighted by molar-refractivity contribution is 0.702. The second-order valence-electron chi connectivity index (χ2n) is 2.74. The highest BCUT2D eigenvalue weighted by molar-refractivity contribution is 9.09. The Balaban J connectivity index is 0. The maximum absolute atomic E-state index is 3.53. The number of thiol groups is 1. The Morgan fingerprint density at radius 2 is 0.917 bits per heavy atom. The van der Waals surface area contributed by atoms with Crippen LogP contribution in [0.15, 0.2) is 0 Å². The lowest BCUT2D eigenvalue weighted by atomic mass is 10.2. The molecule has 1 rings (SSSR count). The minimum absolute atomic E-state index is 1.06. The van der Waals surface area contributed by atoms with Crippen molar-refractivity contribution in [2.75, 3.05) is 11.6 Å². The first-order valence-electron chi connectivity index (χ1n) is 4.92. The summed E-state index contributed by atoms with van der Waals surface area (Å²) < 4.78 is 0. The summed E-state index contributed by atoms with van der Waals surface area (Å²) in [6, 6.07) is 0. The van der Waals surface area contributed by atoms with Gasteiger partial charge in [0, 0.05) is 5.33 Å². The van der Waals surface area contributed by atoms with Crippen LogP contribution in [0.25, 0.3) is 0 Å². The fraction of sp³-hybridized carbons (Fsp3) is 1.00. The molecule has 0 atom stereocenters. The third-order valence-corrected chi connectivity index (χ3v) is 1.75. The highest BCUT2D eigenvalue weighted by atomic mass is 79.9. The molecule has 0 amide bonds. The molecule has 0 spiro atoms. The number of hydrogen-bond acceptors (Lipinski definition) is 1. The fourth-order valence-corrected chi connectivity index (χ4v) is 1.24. The van der Waals surface area contributed by atoms with E-state index < -0.39 is 0 Å². The highest BCUT2D eigenvalue weighted by Crippen LogP contribution is 2.15. The molecule has 0 nitrogen and oxygen atoms in total. The maximum Gasteiger partial charge on any atom is 0.000281 e. The fourth-order valence-electron chi connectivity index (χ4n) is 1.24. The number of halogens is 1. The molecule has 12 heavy (non-hydrogen) atoms. The summed E-state index contributed by atoms with van der Waals surface area (Å²) in [6.45, 7) is 2.04. The average Bonchev–Trinajstić information content (AvgIpc) is 2.40. The third-order valence-electron chi connectivity index (χ3n) is 1.75. The molecule has 1 saturated carbocycles. The Morgan fingerprint density at radius 3 is 1.00 bits per heavy atom. The molecule has 0 aromatic rings. The van der Waals surface area contributed by atoms with Crippen LogP contribution in [0.3, 0.4) is 0 Å². The Hall–Kier alpha value is 0.830. The first kappa shape index (κ1) is 15.3. The maximum atomic E-state index is 3.53. The number of rotatable bonds is 0. The topological polar surface area (TPSA) is 0 Å². The summed E-state index contributed by atoms with van der Waals surface area (Å²) in [5.74, 6) is 0. The second-order valence-corrected chi connectivity index (χ2v) is 3.86. The zero-order chi connectivity index (χ0) is 9.66. The monoisotopic (exact) mass is 254 g/mol. The molecule has 0 N–H and O–H groups in total. The normalized spacial score (nSPS) is 16.0. The van der Waals surface area contributed by atoms with E-state index in [2.05, 4.69) is 28.6 Å². The standard InChI is InChI=1S/C7H14.C2H5Br.CH4S/c1-2-4-6-7-5-3-1;1-2-3;1-2/h1-7H2;2H2,1H3;2H,1H3. The molecule has 76 valence electrons. The van der Waals surface area contributed by atoms with Crippen LogP contribution in [0, 0.1) is 0 Å². The molecule has 1 aliphatic rings. The van der Waals surface area contributed by atoms with E-state index in [9.17, 15) is 0 Å². The van der Waals surface area contributed by atoms with Gasteiger partial charge < -0.3 is 0 Å². The molecule has 0 heterocycles. The lowest BCUT2D eigenvalue weighted by Gasteiger charge is -1.85. The van der Waals surface area contributed by atoms with Crippen molar-refractivity contribution >= 4 is 28.6 Å². The van der Waals surface area contributed by atoms with Crippen LogP contribution in [0.2, 0.25) is 0 Å². The average molecular weight is 255 g/mol. The Morgan fingerprint density at radius 1 is 0.833 bits per heavy atom. The van der Waals surface area contributed by atoms with E-state index in [1.54, 1.807) is 6.26 Å². The Kier molecular flexibility index (Phi) is 22.7. The van der Waals surface area contributed by atoms with E-state index >= 15 is 0 Å². The van der Waals surface area contributed by atoms with Gasteiger partial charge in [-0.25, -0.2) is 0 Å². The van der Waals surface area contributed by atoms with Gasteiger partial charge in [0.2, 0.25) is 0 Å². The predicted molar refractivity (Wildman–Crippen MR) is 66.7 cm³/mol. The molecule has 0 unspecified atom stereocenters. The van der Waals surface area contributed by atoms with Crippen LogP contribution in [0.1, 0.15) is 51.9 Å². The van der Waals surface area contributed by atoms with Crippen LogP contribution >= 0.6 is 28.6 Å². The molecule has 0 aromatic carbocycles. The van der Waals surface area contributed by atoms with Crippen LogP contribution in [-0.2, 0) is 0 Å². The van der Waals surface area contributed by atoms with E-state index in [-0.39, 0.29) is 0 Å². The second kappa shape index (κ2) is 17.8. The third kappa shape index (κ3) is 17.1. The molecule has 0 bridgehead atoms. The minimum Gasteiger partial charge on any atom is -0.183 e. The Labute approximate surface area is 92.1 Å². The van der Waals surface area contributed by atoms with Crippen LogP contribution in [0.5, 0.6) is 0 Å². The van der Waals surface area contributed by atoms with E-state index in [0.29, 0.717) is 0 Å². The van der Waals surface area contributed by atoms with E-state index in [0.717, 1.165) is 5.33 Å². The zero-order valence-corrected chi connectivity index (χ0v) is 11.0. The van der Waals surface area contributed by atoms with Gasteiger partial charge >= 0.3 is 0 Å². The van der Waals surface area contributed by atoms with Gasteiger partial charge in [0.25, 0.3) is 0 Å². The van der Waals surface area contributed by atoms with Crippen molar-refractivity contribution in [1.29, 1.82) is 0 Å². The number of hydrogen-bond donors (Lipinski definition) is 1. The van der Waals surface area contributed by atoms with Gasteiger partial charge in [0.05, 0.1) is 0 Å². The highest BCUT2D eigenvalue weighted by Gasteiger charge is 1.95. The van der Waals surface area contributed by atoms with Crippen molar-refractivity contribution in [3.63, 3.8) is 0 Å². The molecule has 2 heteroatoms. The Bertz CT molecular complexity index is 38.1. The summed E-state index contributed by atoms with van der Waals surface area (Å²) in [6.07, 6.45) is 12.2. The van der Waals surface area contributed by atoms with Crippen molar-refractivity contribution in [3.05, 3.63) is 0 Å². The van der Waals surface area contributed by atoms with Crippen molar-refractivity contribution in [2.24, 2.45) is 0 Å². The van der Waals surface area contributed by atoms with Crippen molar-refractivity contribution in [1.82, 2.24) is 0 Å².